The van der Waals surface area contributed by atoms with Crippen molar-refractivity contribution in [3.05, 3.63) is 0 Å². The molecule has 2 atom stereocenters. The molecule has 98 valence electrons. The third-order valence-electron chi connectivity index (χ3n) is 3.48. The zero-order valence-corrected chi connectivity index (χ0v) is 10.9. The molecule has 0 aliphatic carbocycles. The number of hydrogen-bond acceptors (Lipinski definition) is 3. The maximum absolute atomic E-state index is 12.1. The minimum absolute atomic E-state index is 0.0684. The number of hydrogen-bond donors (Lipinski definition) is 1. The molecule has 2 rings (SSSR count). The first kappa shape index (κ1) is 12.8. The maximum Gasteiger partial charge on any atom is 0.239 e. The van der Waals surface area contributed by atoms with Gasteiger partial charge < -0.3 is 15.0 Å². The van der Waals surface area contributed by atoms with Crippen LogP contribution in [0.3, 0.4) is 0 Å². The van der Waals surface area contributed by atoms with E-state index in [-0.39, 0.29) is 18.1 Å². The minimum Gasteiger partial charge on any atom is -0.376 e. The molecule has 2 fully saturated rings. The van der Waals surface area contributed by atoms with E-state index < -0.39 is 0 Å². The third kappa shape index (κ3) is 3.42. The Hall–Kier alpha value is -0.610. The molecule has 2 aliphatic heterocycles. The molecule has 0 aromatic heterocycles. The predicted molar refractivity (Wildman–Crippen MR) is 66.8 cm³/mol. The van der Waals surface area contributed by atoms with Crippen molar-refractivity contribution in [1.29, 1.82) is 0 Å². The Kier molecular flexibility index (Phi) is 4.40. The topological polar surface area (TPSA) is 41.6 Å². The summed E-state index contributed by atoms with van der Waals surface area (Å²) in [6.07, 6.45) is 3.36. The van der Waals surface area contributed by atoms with E-state index in [9.17, 15) is 4.79 Å². The first-order valence-electron chi connectivity index (χ1n) is 6.80. The van der Waals surface area contributed by atoms with Crippen LogP contribution in [0.5, 0.6) is 0 Å². The molecular weight excluding hydrogens is 216 g/mol. The lowest BCUT2D eigenvalue weighted by Gasteiger charge is -2.21. The summed E-state index contributed by atoms with van der Waals surface area (Å²) in [4.78, 5) is 14.1. The van der Waals surface area contributed by atoms with Gasteiger partial charge in [0.15, 0.2) is 0 Å². The fourth-order valence-electron chi connectivity index (χ4n) is 2.51. The molecular formula is C13H24N2O2. The van der Waals surface area contributed by atoms with Gasteiger partial charge in [-0.3, -0.25) is 4.79 Å². The van der Waals surface area contributed by atoms with Gasteiger partial charge in [0, 0.05) is 19.7 Å². The quantitative estimate of drug-likeness (QED) is 0.797. The molecule has 0 aromatic rings. The molecule has 0 radical (unpaired) electrons. The molecule has 2 aliphatic rings. The normalized spacial score (nSPS) is 29.2. The zero-order valence-electron chi connectivity index (χ0n) is 10.9. The van der Waals surface area contributed by atoms with Crippen molar-refractivity contribution in [2.75, 3.05) is 26.2 Å². The first-order valence-corrected chi connectivity index (χ1v) is 6.80. The summed E-state index contributed by atoms with van der Waals surface area (Å²) in [5, 5.41) is 3.27. The Morgan fingerprint density at radius 3 is 2.94 bits per heavy atom. The monoisotopic (exact) mass is 240 g/mol. The van der Waals surface area contributed by atoms with Gasteiger partial charge in [0.25, 0.3) is 0 Å². The second-order valence-electron chi connectivity index (χ2n) is 5.57. The lowest BCUT2D eigenvalue weighted by molar-refractivity contribution is -0.132. The van der Waals surface area contributed by atoms with Crippen molar-refractivity contribution < 1.29 is 9.53 Å². The van der Waals surface area contributed by atoms with Crippen molar-refractivity contribution >= 4 is 5.91 Å². The highest BCUT2D eigenvalue weighted by atomic mass is 16.5. The van der Waals surface area contributed by atoms with Crippen molar-refractivity contribution in [1.82, 2.24) is 10.2 Å². The van der Waals surface area contributed by atoms with E-state index in [1.807, 2.05) is 4.90 Å². The van der Waals surface area contributed by atoms with Crippen LogP contribution in [0.4, 0.5) is 0 Å². The number of nitrogens with zero attached hydrogens (tertiary/aromatic N) is 1. The second-order valence-corrected chi connectivity index (χ2v) is 5.57. The Morgan fingerprint density at radius 2 is 2.29 bits per heavy atom. The third-order valence-corrected chi connectivity index (χ3v) is 3.48. The highest BCUT2D eigenvalue weighted by Gasteiger charge is 2.32. The fraction of sp³-hybridized carbons (Fsp3) is 0.923. The molecule has 0 saturated carbocycles. The molecule has 1 N–H and O–H groups in total. The van der Waals surface area contributed by atoms with Crippen LogP contribution in [-0.4, -0.2) is 49.2 Å². The standard InChI is InChI=1S/C13H24N2O2/c1-10(2)9-17-11-5-7-15(8-11)13(16)12-4-3-6-14-12/h10-12,14H,3-9H2,1-2H3. The summed E-state index contributed by atoms with van der Waals surface area (Å²) in [5.74, 6) is 0.842. The van der Waals surface area contributed by atoms with Gasteiger partial charge in [0.05, 0.1) is 12.1 Å². The van der Waals surface area contributed by atoms with E-state index in [1.54, 1.807) is 0 Å². The van der Waals surface area contributed by atoms with E-state index in [2.05, 4.69) is 19.2 Å². The molecule has 4 heteroatoms. The predicted octanol–water partition coefficient (Wildman–Crippen LogP) is 1.01. The number of rotatable bonds is 4. The molecule has 17 heavy (non-hydrogen) atoms. The highest BCUT2D eigenvalue weighted by Crippen LogP contribution is 2.17. The van der Waals surface area contributed by atoms with E-state index in [1.165, 1.54) is 0 Å². The van der Waals surface area contributed by atoms with Crippen LogP contribution in [-0.2, 0) is 9.53 Å². The van der Waals surface area contributed by atoms with Gasteiger partial charge >= 0.3 is 0 Å². The highest BCUT2D eigenvalue weighted by molar-refractivity contribution is 5.82. The summed E-state index contributed by atoms with van der Waals surface area (Å²) >= 11 is 0. The number of nitrogens with one attached hydrogen (secondary N) is 1. The largest absolute Gasteiger partial charge is 0.376 e. The van der Waals surface area contributed by atoms with Gasteiger partial charge in [-0.25, -0.2) is 0 Å². The van der Waals surface area contributed by atoms with Gasteiger partial charge in [-0.2, -0.15) is 0 Å². The maximum atomic E-state index is 12.1. The number of carbonyl (C=O) groups excluding carboxylic acids is 1. The summed E-state index contributed by atoms with van der Waals surface area (Å²) < 4.78 is 5.79. The molecule has 2 unspecified atom stereocenters. The summed E-state index contributed by atoms with van der Waals surface area (Å²) in [6.45, 7) is 7.73. The van der Waals surface area contributed by atoms with Gasteiger partial charge in [-0.05, 0) is 31.7 Å². The van der Waals surface area contributed by atoms with Crippen LogP contribution in [0.2, 0.25) is 0 Å². The van der Waals surface area contributed by atoms with Crippen molar-refractivity contribution in [2.45, 2.75) is 45.3 Å². The van der Waals surface area contributed by atoms with E-state index >= 15 is 0 Å². The van der Waals surface area contributed by atoms with Crippen molar-refractivity contribution in [3.8, 4) is 0 Å². The molecule has 4 nitrogen and oxygen atoms in total. The van der Waals surface area contributed by atoms with Crippen molar-refractivity contribution in [2.24, 2.45) is 5.92 Å². The van der Waals surface area contributed by atoms with Gasteiger partial charge in [-0.15, -0.1) is 0 Å². The average Bonchev–Trinajstić information content (AvgIpc) is 2.97. The number of carbonyl (C=O) groups is 1. The summed E-state index contributed by atoms with van der Waals surface area (Å²) in [6, 6.07) is 0.0684. The molecule has 0 bridgehead atoms. The van der Waals surface area contributed by atoms with E-state index in [0.717, 1.165) is 45.5 Å². The average molecular weight is 240 g/mol. The van der Waals surface area contributed by atoms with Gasteiger partial charge in [0.1, 0.15) is 0 Å². The lowest BCUT2D eigenvalue weighted by atomic mass is 10.2. The summed E-state index contributed by atoms with van der Waals surface area (Å²) in [7, 11) is 0. The second kappa shape index (κ2) is 5.83. The van der Waals surface area contributed by atoms with Crippen LogP contribution in [0, 0.1) is 5.92 Å². The first-order chi connectivity index (χ1) is 8.16. The Morgan fingerprint density at radius 1 is 1.47 bits per heavy atom. The zero-order chi connectivity index (χ0) is 12.3. The lowest BCUT2D eigenvalue weighted by Crippen LogP contribution is -2.42. The Labute approximate surface area is 104 Å². The summed E-state index contributed by atoms with van der Waals surface area (Å²) in [5.41, 5.74) is 0. The van der Waals surface area contributed by atoms with Crippen LogP contribution in [0.1, 0.15) is 33.1 Å². The fourth-order valence-corrected chi connectivity index (χ4v) is 2.51. The van der Waals surface area contributed by atoms with Crippen molar-refractivity contribution in [3.63, 3.8) is 0 Å². The van der Waals surface area contributed by atoms with E-state index in [4.69, 9.17) is 4.74 Å². The van der Waals surface area contributed by atoms with Crippen LogP contribution in [0.15, 0.2) is 0 Å². The number of amides is 1. The van der Waals surface area contributed by atoms with Crippen LogP contribution >= 0.6 is 0 Å². The van der Waals surface area contributed by atoms with Crippen LogP contribution < -0.4 is 5.32 Å². The Balaban J connectivity index is 1.75. The molecule has 0 spiro atoms. The smallest absolute Gasteiger partial charge is 0.239 e. The van der Waals surface area contributed by atoms with Gasteiger partial charge in [0.2, 0.25) is 5.91 Å². The molecule has 2 saturated heterocycles. The minimum atomic E-state index is 0.0684. The van der Waals surface area contributed by atoms with E-state index in [0.29, 0.717) is 5.92 Å². The molecule has 2 heterocycles. The number of likely N-dealkylation sites (tertiary alicyclic amines) is 1. The SMILES string of the molecule is CC(C)COC1CCN(C(=O)C2CCCN2)C1. The Bertz CT molecular complexity index is 262. The molecule has 1 amide bonds. The van der Waals surface area contributed by atoms with Gasteiger partial charge in [-0.1, -0.05) is 13.8 Å². The molecule has 0 aromatic carbocycles. The van der Waals surface area contributed by atoms with Crippen LogP contribution in [0.25, 0.3) is 0 Å². The number of ether oxygens (including phenoxy) is 1.